The van der Waals surface area contributed by atoms with Crippen molar-refractivity contribution in [1.82, 2.24) is 0 Å². The molecule has 1 aromatic heterocycles. The Morgan fingerprint density at radius 2 is 1.58 bits per heavy atom. The van der Waals surface area contributed by atoms with Crippen molar-refractivity contribution < 1.29 is 50.1 Å². The number of hydrogen-bond donors (Lipinski definition) is 0. The maximum atomic E-state index is 13.9. The summed E-state index contributed by atoms with van der Waals surface area (Å²) in [5, 5.41) is 0.389. The summed E-state index contributed by atoms with van der Waals surface area (Å²) in [6, 6.07) is 9.42. The number of fused-ring (bicyclic) bond motifs is 1. The van der Waals surface area contributed by atoms with E-state index in [4.69, 9.17) is 13.9 Å². The molecule has 0 saturated heterocycles. The number of esters is 1. The Kier molecular flexibility index (Phi) is 9.18. The fourth-order valence-electron chi connectivity index (χ4n) is 3.62. The van der Waals surface area contributed by atoms with Gasteiger partial charge in [-0.15, -0.1) is 13.2 Å². The van der Waals surface area contributed by atoms with Crippen molar-refractivity contribution in [1.29, 1.82) is 0 Å². The van der Waals surface area contributed by atoms with Crippen LogP contribution < -0.4 is 19.8 Å². The average Bonchev–Trinajstić information content (AvgIpc) is 2.83. The van der Waals surface area contributed by atoms with Crippen LogP contribution in [0.2, 0.25) is 0 Å². The molecule has 0 atom stereocenters. The van der Waals surface area contributed by atoms with Gasteiger partial charge in [-0.2, -0.15) is 0 Å². The zero-order valence-electron chi connectivity index (χ0n) is 20.5. The first-order valence-corrected chi connectivity index (χ1v) is 11.5. The third-order valence-corrected chi connectivity index (χ3v) is 5.36. The second-order valence-electron chi connectivity index (χ2n) is 8.31. The second kappa shape index (κ2) is 12.1. The minimum atomic E-state index is -5.00. The molecule has 0 spiro atoms. The smallest absolute Gasteiger partial charge is 0.497 e. The molecule has 0 aliphatic heterocycles. The average molecular weight is 544 g/mol. The maximum absolute atomic E-state index is 13.9. The van der Waals surface area contributed by atoms with E-state index in [1.54, 1.807) is 0 Å². The summed E-state index contributed by atoms with van der Waals surface area (Å²) in [6.07, 6.45) is -5.77. The van der Waals surface area contributed by atoms with Crippen LogP contribution in [-0.4, -0.2) is 38.6 Å². The van der Waals surface area contributed by atoms with Gasteiger partial charge in [-0.25, -0.2) is 13.6 Å². The fourth-order valence-corrected chi connectivity index (χ4v) is 3.62. The number of benzene rings is 2. The molecular formula is C26H25F5O7. The number of alkyl halides is 5. The molecule has 0 bridgehead atoms. The van der Waals surface area contributed by atoms with E-state index in [2.05, 4.69) is 9.47 Å². The predicted octanol–water partition coefficient (Wildman–Crippen LogP) is 6.50. The molecule has 0 fully saturated rings. The molecule has 7 nitrogen and oxygen atoms in total. The van der Waals surface area contributed by atoms with Crippen molar-refractivity contribution in [2.45, 2.75) is 44.9 Å². The van der Waals surface area contributed by atoms with Gasteiger partial charge >= 0.3 is 18.0 Å². The first-order valence-electron chi connectivity index (χ1n) is 11.5. The molecule has 0 aliphatic rings. The molecule has 38 heavy (non-hydrogen) atoms. The normalized spacial score (nSPS) is 11.9. The van der Waals surface area contributed by atoms with Crippen molar-refractivity contribution in [3.05, 3.63) is 52.9 Å². The maximum Gasteiger partial charge on any atom is 0.573 e. The third-order valence-electron chi connectivity index (χ3n) is 5.36. The molecule has 0 aliphatic carbocycles. The van der Waals surface area contributed by atoms with Crippen LogP contribution in [0.15, 0.2) is 51.7 Å². The van der Waals surface area contributed by atoms with Gasteiger partial charge in [0.1, 0.15) is 22.8 Å². The highest BCUT2D eigenvalue weighted by atomic mass is 19.4. The fraction of sp³-hybridized carbons (Fsp3) is 0.385. The Morgan fingerprint density at radius 3 is 2.24 bits per heavy atom. The Labute approximate surface area is 214 Å². The second-order valence-corrected chi connectivity index (χ2v) is 8.31. The number of carbonyl (C=O) groups excluding carboxylic acids is 1. The minimum absolute atomic E-state index is 0.0304. The van der Waals surface area contributed by atoms with Crippen LogP contribution in [-0.2, 0) is 9.53 Å². The topological polar surface area (TPSA) is 84.2 Å². The van der Waals surface area contributed by atoms with Gasteiger partial charge in [0.05, 0.1) is 25.9 Å². The van der Waals surface area contributed by atoms with E-state index in [1.807, 2.05) is 0 Å². The predicted molar refractivity (Wildman–Crippen MR) is 127 cm³/mol. The van der Waals surface area contributed by atoms with Crippen LogP contribution in [0.5, 0.6) is 17.2 Å². The Hall–Kier alpha value is -3.83. The number of hydrogen-bond acceptors (Lipinski definition) is 7. The van der Waals surface area contributed by atoms with Gasteiger partial charge in [0.25, 0.3) is 0 Å². The van der Waals surface area contributed by atoms with Crippen molar-refractivity contribution in [2.24, 2.45) is 0 Å². The monoisotopic (exact) mass is 544 g/mol. The van der Waals surface area contributed by atoms with Crippen LogP contribution >= 0.6 is 0 Å². The highest BCUT2D eigenvalue weighted by Crippen LogP contribution is 2.36. The molecule has 1 heterocycles. The highest BCUT2D eigenvalue weighted by molar-refractivity contribution is 5.84. The third kappa shape index (κ3) is 8.35. The molecule has 0 N–H and O–H groups in total. The lowest BCUT2D eigenvalue weighted by atomic mass is 10.0. The standard InChI is InChI=1S/C26H25F5O7/c1-16(32)35-11-3-9-25(27,28)10-4-12-36-19-6-5-17-13-21(24(33)37-22(17)15-19)20-8-7-18(34-2)14-23(20)38-26(29,30)31/h5-8,13-15H,3-4,9-12H2,1-2H3. The lowest BCUT2D eigenvalue weighted by Gasteiger charge is -2.16. The van der Waals surface area contributed by atoms with Crippen LogP contribution in [0.3, 0.4) is 0 Å². The SMILES string of the molecule is COc1ccc(-c2cc3ccc(OCCCC(F)(F)CCCOC(C)=O)cc3oc2=O)c(OC(F)(F)F)c1. The van der Waals surface area contributed by atoms with E-state index >= 15 is 0 Å². The van der Waals surface area contributed by atoms with E-state index in [9.17, 15) is 31.5 Å². The van der Waals surface area contributed by atoms with E-state index < -0.39 is 42.5 Å². The zero-order valence-corrected chi connectivity index (χ0v) is 20.5. The van der Waals surface area contributed by atoms with Crippen LogP contribution in [0.1, 0.15) is 32.6 Å². The minimum Gasteiger partial charge on any atom is -0.497 e. The van der Waals surface area contributed by atoms with Gasteiger partial charge in [0, 0.05) is 42.8 Å². The van der Waals surface area contributed by atoms with E-state index in [0.29, 0.717) is 5.39 Å². The van der Waals surface area contributed by atoms with Crippen molar-refractivity contribution in [3.8, 4) is 28.4 Å². The Morgan fingerprint density at radius 1 is 0.895 bits per heavy atom. The summed E-state index contributed by atoms with van der Waals surface area (Å²) in [5.41, 5.74) is -1.13. The molecule has 0 amide bonds. The summed E-state index contributed by atoms with van der Waals surface area (Å²) in [6.45, 7) is 1.11. The molecule has 0 unspecified atom stereocenters. The number of carbonyl (C=O) groups is 1. The largest absolute Gasteiger partial charge is 0.573 e. The van der Waals surface area contributed by atoms with Crippen LogP contribution in [0.25, 0.3) is 22.1 Å². The van der Waals surface area contributed by atoms with Gasteiger partial charge in [0.2, 0.25) is 5.92 Å². The highest BCUT2D eigenvalue weighted by Gasteiger charge is 2.33. The molecule has 12 heteroatoms. The van der Waals surface area contributed by atoms with Gasteiger partial charge in [0.15, 0.2) is 0 Å². The van der Waals surface area contributed by atoms with Crippen molar-refractivity contribution >= 4 is 16.9 Å². The summed E-state index contributed by atoms with van der Waals surface area (Å²) in [4.78, 5) is 23.3. The lowest BCUT2D eigenvalue weighted by molar-refractivity contribution is -0.274. The van der Waals surface area contributed by atoms with E-state index in [-0.39, 0.29) is 54.3 Å². The first-order chi connectivity index (χ1) is 17.9. The van der Waals surface area contributed by atoms with E-state index in [1.165, 1.54) is 50.4 Å². The van der Waals surface area contributed by atoms with Gasteiger partial charge in [-0.1, -0.05) is 0 Å². The molecule has 0 radical (unpaired) electrons. The van der Waals surface area contributed by atoms with E-state index in [0.717, 1.165) is 6.07 Å². The zero-order chi connectivity index (χ0) is 27.9. The first kappa shape index (κ1) is 28.7. The summed E-state index contributed by atoms with van der Waals surface area (Å²) in [7, 11) is 1.27. The summed E-state index contributed by atoms with van der Waals surface area (Å²) < 4.78 is 91.1. The molecule has 206 valence electrons. The lowest BCUT2D eigenvalue weighted by Crippen LogP contribution is -2.18. The van der Waals surface area contributed by atoms with Gasteiger partial charge < -0.3 is 23.4 Å². The van der Waals surface area contributed by atoms with Gasteiger partial charge in [-0.05, 0) is 43.2 Å². The molecule has 3 aromatic rings. The Balaban J connectivity index is 1.69. The molecule has 0 saturated carbocycles. The molecular weight excluding hydrogens is 519 g/mol. The number of ether oxygens (including phenoxy) is 4. The van der Waals surface area contributed by atoms with Crippen LogP contribution in [0.4, 0.5) is 22.0 Å². The quantitative estimate of drug-likeness (QED) is 0.111. The molecule has 3 rings (SSSR count). The van der Waals surface area contributed by atoms with Crippen molar-refractivity contribution in [3.63, 3.8) is 0 Å². The Bertz CT molecular complexity index is 1320. The number of rotatable bonds is 12. The van der Waals surface area contributed by atoms with Crippen LogP contribution in [0, 0.1) is 0 Å². The number of methoxy groups -OCH3 is 1. The van der Waals surface area contributed by atoms with Crippen molar-refractivity contribution in [2.75, 3.05) is 20.3 Å². The number of halogens is 5. The van der Waals surface area contributed by atoms with Gasteiger partial charge in [-0.3, -0.25) is 4.79 Å². The summed E-state index contributed by atoms with van der Waals surface area (Å²) >= 11 is 0. The molecule has 2 aromatic carbocycles. The summed E-state index contributed by atoms with van der Waals surface area (Å²) in [5.74, 6) is -3.74.